The maximum Gasteiger partial charge on any atom is 0.169 e. The van der Waals surface area contributed by atoms with E-state index in [4.69, 9.17) is 4.74 Å². The molecule has 4 heteroatoms. The zero-order valence-electron chi connectivity index (χ0n) is 6.37. The molecule has 0 aliphatic carbocycles. The van der Waals surface area contributed by atoms with Crippen LogP contribution in [0.5, 0.6) is 11.5 Å². The zero-order chi connectivity index (χ0) is 9.14. The van der Waals surface area contributed by atoms with Crippen LogP contribution in [0.15, 0.2) is 12.1 Å². The maximum atomic E-state index is 10.5. The third kappa shape index (κ3) is 1.52. The fourth-order valence-electron chi connectivity index (χ4n) is 0.840. The van der Waals surface area contributed by atoms with Gasteiger partial charge in [0.05, 0.1) is 12.7 Å². The minimum Gasteiger partial charge on any atom is -0.504 e. The summed E-state index contributed by atoms with van der Waals surface area (Å²) in [6.07, 6.45) is 0.611. The van der Waals surface area contributed by atoms with Crippen molar-refractivity contribution in [3.05, 3.63) is 21.3 Å². The van der Waals surface area contributed by atoms with Crippen LogP contribution in [-0.2, 0) is 0 Å². The smallest absolute Gasteiger partial charge is 0.169 e. The van der Waals surface area contributed by atoms with E-state index in [-0.39, 0.29) is 11.3 Å². The Morgan fingerprint density at radius 2 is 2.25 bits per heavy atom. The van der Waals surface area contributed by atoms with Gasteiger partial charge in [0.25, 0.3) is 0 Å². The first-order chi connectivity index (χ1) is 5.70. The van der Waals surface area contributed by atoms with Gasteiger partial charge < -0.3 is 9.84 Å². The van der Waals surface area contributed by atoms with E-state index in [2.05, 4.69) is 0 Å². The van der Waals surface area contributed by atoms with Gasteiger partial charge >= 0.3 is 0 Å². The van der Waals surface area contributed by atoms with E-state index < -0.39 is 0 Å². The maximum absolute atomic E-state index is 10.5. The van der Waals surface area contributed by atoms with Crippen molar-refractivity contribution in [3.63, 3.8) is 0 Å². The molecule has 1 N–H and O–H groups in total. The lowest BCUT2D eigenvalue weighted by atomic mass is 10.2. The standard InChI is InChI=1S/C8H7IO3/c1-12-7-3-2-6(9)5(4-10)8(7)11/h2-4,11H,1H3. The van der Waals surface area contributed by atoms with E-state index in [0.29, 0.717) is 15.6 Å². The Kier molecular flexibility index (Phi) is 2.91. The van der Waals surface area contributed by atoms with E-state index in [1.165, 1.54) is 7.11 Å². The number of halogens is 1. The minimum absolute atomic E-state index is 0.0978. The van der Waals surface area contributed by atoms with E-state index in [1.807, 2.05) is 22.6 Å². The Morgan fingerprint density at radius 3 is 2.75 bits per heavy atom. The zero-order valence-corrected chi connectivity index (χ0v) is 8.53. The predicted molar refractivity (Wildman–Crippen MR) is 52.8 cm³/mol. The highest BCUT2D eigenvalue weighted by Gasteiger charge is 2.09. The van der Waals surface area contributed by atoms with Crippen LogP contribution in [0.2, 0.25) is 0 Å². The monoisotopic (exact) mass is 278 g/mol. The average Bonchev–Trinajstić information content (AvgIpc) is 2.06. The van der Waals surface area contributed by atoms with Gasteiger partial charge in [-0.1, -0.05) is 0 Å². The summed E-state index contributed by atoms with van der Waals surface area (Å²) in [6.45, 7) is 0. The number of hydrogen-bond donors (Lipinski definition) is 1. The Labute approximate surface area is 83.5 Å². The molecule has 3 nitrogen and oxygen atoms in total. The predicted octanol–water partition coefficient (Wildman–Crippen LogP) is 1.82. The lowest BCUT2D eigenvalue weighted by Crippen LogP contribution is -1.91. The molecule has 0 bridgehead atoms. The molecule has 1 aromatic carbocycles. The summed E-state index contributed by atoms with van der Waals surface area (Å²) in [4.78, 5) is 10.5. The number of carbonyl (C=O) groups excluding carboxylic acids is 1. The molecule has 0 amide bonds. The molecule has 0 fully saturated rings. The van der Waals surface area contributed by atoms with Crippen LogP contribution in [0.4, 0.5) is 0 Å². The molecule has 1 aromatic rings. The molecular weight excluding hydrogens is 271 g/mol. The van der Waals surface area contributed by atoms with Crippen LogP contribution >= 0.6 is 22.6 Å². The third-order valence-corrected chi connectivity index (χ3v) is 2.41. The van der Waals surface area contributed by atoms with Gasteiger partial charge in [-0.25, -0.2) is 0 Å². The highest BCUT2D eigenvalue weighted by molar-refractivity contribution is 14.1. The normalized spacial score (nSPS) is 9.50. The number of benzene rings is 1. The first kappa shape index (κ1) is 9.31. The summed E-state index contributed by atoms with van der Waals surface area (Å²) in [7, 11) is 1.44. The van der Waals surface area contributed by atoms with Crippen molar-refractivity contribution < 1.29 is 14.6 Å². The molecule has 0 spiro atoms. The van der Waals surface area contributed by atoms with Crippen LogP contribution < -0.4 is 4.74 Å². The number of methoxy groups -OCH3 is 1. The van der Waals surface area contributed by atoms with Crippen LogP contribution in [0.25, 0.3) is 0 Å². The fraction of sp³-hybridized carbons (Fsp3) is 0.125. The SMILES string of the molecule is COc1ccc(I)c(C=O)c1O. The Hall–Kier alpha value is -0.780. The first-order valence-electron chi connectivity index (χ1n) is 3.21. The molecular formula is C8H7IO3. The molecule has 0 saturated heterocycles. The number of phenolic OH excluding ortho intramolecular Hbond substituents is 1. The first-order valence-corrected chi connectivity index (χ1v) is 4.29. The Balaban J connectivity index is 3.33. The van der Waals surface area contributed by atoms with Gasteiger partial charge in [-0.2, -0.15) is 0 Å². The van der Waals surface area contributed by atoms with E-state index in [1.54, 1.807) is 12.1 Å². The van der Waals surface area contributed by atoms with Crippen LogP contribution in [0, 0.1) is 3.57 Å². The Bertz CT molecular complexity index is 309. The molecule has 0 aliphatic rings. The average molecular weight is 278 g/mol. The second-order valence-corrected chi connectivity index (χ2v) is 3.29. The van der Waals surface area contributed by atoms with Crippen molar-refractivity contribution in [2.24, 2.45) is 0 Å². The van der Waals surface area contributed by atoms with Crippen molar-refractivity contribution in [2.75, 3.05) is 7.11 Å². The summed E-state index contributed by atoms with van der Waals surface area (Å²) in [5.41, 5.74) is 0.273. The van der Waals surface area contributed by atoms with Gasteiger partial charge in [0.1, 0.15) is 0 Å². The molecule has 0 heterocycles. The van der Waals surface area contributed by atoms with Gasteiger partial charge in [-0.15, -0.1) is 0 Å². The topological polar surface area (TPSA) is 46.5 Å². The molecule has 0 aromatic heterocycles. The van der Waals surface area contributed by atoms with Gasteiger partial charge in [0, 0.05) is 3.57 Å². The molecule has 1 rings (SSSR count). The van der Waals surface area contributed by atoms with Crippen LogP contribution in [0.1, 0.15) is 10.4 Å². The molecule has 0 unspecified atom stereocenters. The highest BCUT2D eigenvalue weighted by atomic mass is 127. The number of hydrogen-bond acceptors (Lipinski definition) is 3. The number of aromatic hydroxyl groups is 1. The van der Waals surface area contributed by atoms with Crippen molar-refractivity contribution in [1.29, 1.82) is 0 Å². The van der Waals surface area contributed by atoms with Crippen LogP contribution in [0.3, 0.4) is 0 Å². The summed E-state index contributed by atoms with van der Waals surface area (Å²) in [5, 5.41) is 9.41. The van der Waals surface area contributed by atoms with Crippen molar-refractivity contribution >= 4 is 28.9 Å². The second-order valence-electron chi connectivity index (χ2n) is 2.13. The number of ether oxygens (including phenoxy) is 1. The summed E-state index contributed by atoms with van der Waals surface area (Å²) in [5.74, 6) is 0.219. The molecule has 0 saturated carbocycles. The summed E-state index contributed by atoms with van der Waals surface area (Å²) in [6, 6.07) is 3.33. The van der Waals surface area contributed by atoms with Gasteiger partial charge in [-0.05, 0) is 34.7 Å². The quantitative estimate of drug-likeness (QED) is 0.663. The van der Waals surface area contributed by atoms with E-state index in [0.717, 1.165) is 0 Å². The lowest BCUT2D eigenvalue weighted by Gasteiger charge is -2.05. The van der Waals surface area contributed by atoms with E-state index in [9.17, 15) is 9.90 Å². The highest BCUT2D eigenvalue weighted by Crippen LogP contribution is 2.31. The van der Waals surface area contributed by atoms with Crippen molar-refractivity contribution in [1.82, 2.24) is 0 Å². The molecule has 0 aliphatic heterocycles. The molecule has 0 atom stereocenters. The minimum atomic E-state index is -0.0978. The number of carbonyl (C=O) groups is 1. The number of phenols is 1. The molecule has 0 radical (unpaired) electrons. The third-order valence-electron chi connectivity index (χ3n) is 1.46. The lowest BCUT2D eigenvalue weighted by molar-refractivity contribution is 0.111. The van der Waals surface area contributed by atoms with Gasteiger partial charge in [-0.3, -0.25) is 4.79 Å². The van der Waals surface area contributed by atoms with Gasteiger partial charge in [0.15, 0.2) is 17.8 Å². The van der Waals surface area contributed by atoms with Crippen molar-refractivity contribution in [2.45, 2.75) is 0 Å². The number of aldehydes is 1. The summed E-state index contributed by atoms with van der Waals surface area (Å²) >= 11 is 1.97. The Morgan fingerprint density at radius 1 is 1.58 bits per heavy atom. The second kappa shape index (κ2) is 3.75. The molecule has 12 heavy (non-hydrogen) atoms. The summed E-state index contributed by atoms with van der Waals surface area (Å²) < 4.78 is 5.54. The largest absolute Gasteiger partial charge is 0.504 e. The van der Waals surface area contributed by atoms with Gasteiger partial charge in [0.2, 0.25) is 0 Å². The molecule has 64 valence electrons. The van der Waals surface area contributed by atoms with Crippen LogP contribution in [-0.4, -0.2) is 18.5 Å². The fourth-order valence-corrected chi connectivity index (χ4v) is 1.40. The van der Waals surface area contributed by atoms with E-state index >= 15 is 0 Å². The van der Waals surface area contributed by atoms with Crippen molar-refractivity contribution in [3.8, 4) is 11.5 Å². The number of rotatable bonds is 2.